The number of halogens is 5. The number of aromatic nitrogens is 1. The molecule has 1 amide bonds. The topological polar surface area (TPSA) is 125 Å². The number of hydrogen-bond donors (Lipinski definition) is 2. The standard InChI is InChI=1S/C25H25BF5N5O3/c1-13-9-14(5-8-36(13)19-11-15(26(38)39-31)10-18(27)17(19)12-32)23(37)35-22(33)16-3-4-20(25(28,29)30)34-21(16)24(2)6-7-24/h3-4,10-11,13-14,38H,5-9H2,1-2H3,(H2,33,35,37). The van der Waals surface area contributed by atoms with Crippen LogP contribution < -0.4 is 16.1 Å². The van der Waals surface area contributed by atoms with Crippen molar-refractivity contribution in [2.75, 3.05) is 11.4 Å². The molecule has 1 saturated heterocycles. The third kappa shape index (κ3) is 5.74. The van der Waals surface area contributed by atoms with Gasteiger partial charge in [0.25, 0.3) is 5.91 Å². The monoisotopic (exact) mass is 549 g/mol. The van der Waals surface area contributed by atoms with Gasteiger partial charge >= 0.3 is 13.3 Å². The number of aliphatic imine (C=N–C) groups is 1. The van der Waals surface area contributed by atoms with Gasteiger partial charge < -0.3 is 15.7 Å². The molecule has 2 aromatic rings. The minimum atomic E-state index is -4.63. The van der Waals surface area contributed by atoms with E-state index in [1.54, 1.807) is 24.8 Å². The van der Waals surface area contributed by atoms with E-state index >= 15 is 0 Å². The maximum Gasteiger partial charge on any atom is 0.530 e. The average Bonchev–Trinajstić information content (AvgIpc) is 3.64. The molecular formula is C25H25BF5N5O3. The highest BCUT2D eigenvalue weighted by molar-refractivity contribution is 6.59. The van der Waals surface area contributed by atoms with Gasteiger partial charge in [-0.1, -0.05) is 11.4 Å². The van der Waals surface area contributed by atoms with Gasteiger partial charge in [-0.2, -0.15) is 23.4 Å². The zero-order valence-electron chi connectivity index (χ0n) is 21.1. The Balaban J connectivity index is 1.56. The zero-order chi connectivity index (χ0) is 28.7. The summed E-state index contributed by atoms with van der Waals surface area (Å²) >= 11 is 0. The van der Waals surface area contributed by atoms with Gasteiger partial charge in [0.2, 0.25) is 0 Å². The van der Waals surface area contributed by atoms with Crippen molar-refractivity contribution in [3.8, 4) is 6.07 Å². The molecule has 3 N–H and O–H groups in total. The number of rotatable bonds is 6. The van der Waals surface area contributed by atoms with Gasteiger partial charge in [0.05, 0.1) is 11.4 Å². The fourth-order valence-corrected chi connectivity index (χ4v) is 4.88. The highest BCUT2D eigenvalue weighted by Gasteiger charge is 2.44. The Morgan fingerprint density at radius 2 is 2.05 bits per heavy atom. The lowest BCUT2D eigenvalue weighted by Crippen LogP contribution is -2.44. The maximum absolute atomic E-state index is 14.5. The van der Waals surface area contributed by atoms with E-state index in [9.17, 15) is 37.2 Å². The first-order valence-corrected chi connectivity index (χ1v) is 12.2. The van der Waals surface area contributed by atoms with Crippen LogP contribution in [0.1, 0.15) is 62.0 Å². The number of carbonyl (C=O) groups excluding carboxylic acids is 1. The van der Waals surface area contributed by atoms with Crippen molar-refractivity contribution in [2.24, 2.45) is 16.6 Å². The molecule has 0 radical (unpaired) electrons. The third-order valence-electron chi connectivity index (χ3n) is 7.37. The Morgan fingerprint density at radius 1 is 1.36 bits per heavy atom. The number of nitriles is 1. The zero-order valence-corrected chi connectivity index (χ0v) is 21.1. The summed E-state index contributed by atoms with van der Waals surface area (Å²) in [6, 6.07) is 5.41. The number of nitrogens with two attached hydrogens (primary N) is 1. The van der Waals surface area contributed by atoms with Crippen LogP contribution in [0.5, 0.6) is 0 Å². The van der Waals surface area contributed by atoms with Crippen LogP contribution in [0, 0.1) is 23.1 Å². The number of nitrogens with zero attached hydrogens (tertiary/aromatic N) is 4. The van der Waals surface area contributed by atoms with Crippen LogP contribution in [-0.2, 0) is 21.2 Å². The summed E-state index contributed by atoms with van der Waals surface area (Å²) in [7, 11) is -2.04. The molecule has 0 bridgehead atoms. The van der Waals surface area contributed by atoms with E-state index in [1.165, 1.54) is 12.1 Å². The second kappa shape index (κ2) is 10.5. The molecule has 1 aromatic heterocycles. The molecule has 2 unspecified atom stereocenters. The normalized spacial score (nSPS) is 20.9. The first kappa shape index (κ1) is 28.4. The van der Waals surface area contributed by atoms with Gasteiger partial charge in [-0.05, 0) is 62.3 Å². The number of anilines is 1. The molecule has 2 atom stereocenters. The van der Waals surface area contributed by atoms with Gasteiger partial charge in [-0.25, -0.2) is 14.2 Å². The van der Waals surface area contributed by atoms with Crippen LogP contribution in [0.25, 0.3) is 0 Å². The van der Waals surface area contributed by atoms with Crippen molar-refractivity contribution in [3.05, 3.63) is 52.6 Å². The lowest BCUT2D eigenvalue weighted by molar-refractivity contribution is -0.141. The summed E-state index contributed by atoms with van der Waals surface area (Å²) in [6.45, 7) is 3.71. The SMILES string of the molecule is CC1CC(C(=O)N=C(N)c2ccc(C(F)(F)F)nc2C2(C)CC2)CCN1c1cc(B(O)OF)cc(F)c1C#N. The molecule has 4 rings (SSSR count). The minimum absolute atomic E-state index is 0.114. The third-order valence-corrected chi connectivity index (χ3v) is 7.37. The van der Waals surface area contributed by atoms with E-state index in [1.807, 2.05) is 0 Å². The van der Waals surface area contributed by atoms with E-state index in [4.69, 9.17) is 5.73 Å². The molecule has 2 aliphatic rings. The number of amidine groups is 1. The molecule has 1 aromatic carbocycles. The van der Waals surface area contributed by atoms with Crippen molar-refractivity contribution in [3.63, 3.8) is 0 Å². The van der Waals surface area contributed by atoms with Crippen molar-refractivity contribution in [1.29, 1.82) is 5.26 Å². The van der Waals surface area contributed by atoms with Crippen LogP contribution in [0.15, 0.2) is 29.3 Å². The fraction of sp³-hybridized carbons (Fsp3) is 0.440. The highest BCUT2D eigenvalue weighted by atomic mass is 19.4. The Morgan fingerprint density at radius 3 is 2.62 bits per heavy atom. The summed E-state index contributed by atoms with van der Waals surface area (Å²) in [6.07, 6.45) is -2.88. The molecule has 2 heterocycles. The van der Waals surface area contributed by atoms with Crippen LogP contribution in [0.2, 0.25) is 0 Å². The molecule has 1 saturated carbocycles. The lowest BCUT2D eigenvalue weighted by atomic mass is 9.79. The number of alkyl halides is 3. The van der Waals surface area contributed by atoms with Crippen LogP contribution >= 0.6 is 0 Å². The maximum atomic E-state index is 14.5. The molecule has 0 spiro atoms. The first-order chi connectivity index (χ1) is 18.3. The Labute approximate surface area is 221 Å². The minimum Gasteiger partial charge on any atom is -0.421 e. The molecule has 8 nitrogen and oxygen atoms in total. The van der Waals surface area contributed by atoms with E-state index in [-0.39, 0.29) is 53.2 Å². The summed E-state index contributed by atoms with van der Waals surface area (Å²) in [4.78, 5) is 25.9. The number of hydrogen-bond acceptors (Lipinski definition) is 6. The second-order valence-corrected chi connectivity index (χ2v) is 10.2. The highest BCUT2D eigenvalue weighted by Crippen LogP contribution is 2.48. The second-order valence-electron chi connectivity index (χ2n) is 10.2. The van der Waals surface area contributed by atoms with Crippen molar-refractivity contribution < 1.29 is 36.8 Å². The lowest BCUT2D eigenvalue weighted by Gasteiger charge is -2.39. The van der Waals surface area contributed by atoms with E-state index in [0.29, 0.717) is 12.8 Å². The summed E-state index contributed by atoms with van der Waals surface area (Å²) in [5, 5.41) is 19.1. The molecule has 206 valence electrons. The van der Waals surface area contributed by atoms with Gasteiger partial charge in [0.15, 0.2) is 0 Å². The number of pyridine rings is 1. The van der Waals surface area contributed by atoms with Crippen LogP contribution in [0.4, 0.5) is 27.8 Å². The summed E-state index contributed by atoms with van der Waals surface area (Å²) in [5.74, 6) is -2.35. The van der Waals surface area contributed by atoms with Gasteiger partial charge in [-0.15, -0.1) is 0 Å². The predicted molar refractivity (Wildman–Crippen MR) is 132 cm³/mol. The Bertz CT molecular complexity index is 1360. The van der Waals surface area contributed by atoms with E-state index in [2.05, 4.69) is 14.8 Å². The largest absolute Gasteiger partial charge is 0.530 e. The number of benzene rings is 1. The summed E-state index contributed by atoms with van der Waals surface area (Å²) in [5.41, 5.74) is 4.40. The van der Waals surface area contributed by atoms with Gasteiger partial charge in [-0.3, -0.25) is 4.79 Å². The van der Waals surface area contributed by atoms with Crippen molar-refractivity contribution in [1.82, 2.24) is 4.98 Å². The average molecular weight is 549 g/mol. The number of amides is 1. The first-order valence-electron chi connectivity index (χ1n) is 12.2. The smallest absolute Gasteiger partial charge is 0.421 e. The summed E-state index contributed by atoms with van der Waals surface area (Å²) < 4.78 is 66.8. The van der Waals surface area contributed by atoms with E-state index in [0.717, 1.165) is 12.1 Å². The Hall–Kier alpha value is -3.57. The van der Waals surface area contributed by atoms with Gasteiger partial charge in [0, 0.05) is 29.5 Å². The Kier molecular flexibility index (Phi) is 7.69. The predicted octanol–water partition coefficient (Wildman–Crippen LogP) is 3.29. The fourth-order valence-electron chi connectivity index (χ4n) is 4.88. The molecule has 1 aliphatic carbocycles. The van der Waals surface area contributed by atoms with Crippen molar-refractivity contribution >= 4 is 30.0 Å². The molecule has 2 fully saturated rings. The van der Waals surface area contributed by atoms with Crippen LogP contribution in [0.3, 0.4) is 0 Å². The quantitative estimate of drug-likeness (QED) is 0.245. The van der Waals surface area contributed by atoms with Crippen molar-refractivity contribution in [2.45, 2.75) is 57.2 Å². The van der Waals surface area contributed by atoms with Crippen LogP contribution in [-0.4, -0.2) is 41.5 Å². The molecule has 1 aliphatic heterocycles. The molecule has 39 heavy (non-hydrogen) atoms. The van der Waals surface area contributed by atoms with Gasteiger partial charge in [0.1, 0.15) is 29.0 Å². The molecular weight excluding hydrogens is 524 g/mol. The van der Waals surface area contributed by atoms with E-state index < -0.39 is 48.1 Å². The number of carbonyl (C=O) groups is 1. The molecule has 14 heteroatoms. The number of piperidine rings is 1.